The molecule has 0 saturated carbocycles. The van der Waals surface area contributed by atoms with Gasteiger partial charge in [0, 0.05) is 24.6 Å². The summed E-state index contributed by atoms with van der Waals surface area (Å²) in [6, 6.07) is 5.26. The summed E-state index contributed by atoms with van der Waals surface area (Å²) < 4.78 is 0.868. The lowest BCUT2D eigenvalue weighted by Crippen LogP contribution is -2.32. The molecule has 0 bridgehead atoms. The number of carbonyl (C=O) groups is 1. The quantitative estimate of drug-likeness (QED) is 0.913. The van der Waals surface area contributed by atoms with E-state index in [-0.39, 0.29) is 18.3 Å². The van der Waals surface area contributed by atoms with Gasteiger partial charge in [0.25, 0.3) is 5.91 Å². The standard InChI is InChI=1S/C11H14BrClN2O.ClH/c1-14-5-6-15(2)11(16)9-4-3-8(12)7-10(9)13;/h3-4,7,14H,5-6H2,1-2H3;1H. The monoisotopic (exact) mass is 340 g/mol. The molecule has 0 aliphatic carbocycles. The third-order valence-corrected chi connectivity index (χ3v) is 3.01. The molecule has 0 unspecified atom stereocenters. The first-order valence-corrected chi connectivity index (χ1v) is 6.08. The summed E-state index contributed by atoms with van der Waals surface area (Å²) in [5, 5.41) is 3.46. The van der Waals surface area contributed by atoms with Gasteiger partial charge in [-0.3, -0.25) is 4.79 Å². The van der Waals surface area contributed by atoms with Crippen molar-refractivity contribution in [2.24, 2.45) is 0 Å². The molecule has 96 valence electrons. The average molecular weight is 342 g/mol. The van der Waals surface area contributed by atoms with Gasteiger partial charge in [-0.2, -0.15) is 0 Å². The fraction of sp³-hybridized carbons (Fsp3) is 0.364. The van der Waals surface area contributed by atoms with E-state index in [9.17, 15) is 4.79 Å². The first-order valence-electron chi connectivity index (χ1n) is 4.91. The predicted molar refractivity (Wildman–Crippen MR) is 77.3 cm³/mol. The van der Waals surface area contributed by atoms with Crippen molar-refractivity contribution in [3.8, 4) is 0 Å². The molecule has 0 fully saturated rings. The van der Waals surface area contributed by atoms with Crippen LogP contribution in [-0.4, -0.2) is 38.0 Å². The largest absolute Gasteiger partial charge is 0.340 e. The fourth-order valence-electron chi connectivity index (χ4n) is 1.25. The lowest BCUT2D eigenvalue weighted by molar-refractivity contribution is 0.0797. The maximum absolute atomic E-state index is 12.0. The summed E-state index contributed by atoms with van der Waals surface area (Å²) in [6.45, 7) is 1.41. The van der Waals surface area contributed by atoms with Crippen LogP contribution < -0.4 is 5.32 Å². The van der Waals surface area contributed by atoms with Gasteiger partial charge in [-0.1, -0.05) is 27.5 Å². The molecule has 1 amide bonds. The van der Waals surface area contributed by atoms with Crippen LogP contribution in [0.4, 0.5) is 0 Å². The number of benzene rings is 1. The first kappa shape index (κ1) is 16.7. The van der Waals surface area contributed by atoms with E-state index in [0.29, 0.717) is 17.1 Å². The lowest BCUT2D eigenvalue weighted by Gasteiger charge is -2.17. The van der Waals surface area contributed by atoms with E-state index in [1.54, 1.807) is 24.1 Å². The molecule has 3 nitrogen and oxygen atoms in total. The van der Waals surface area contributed by atoms with E-state index in [2.05, 4.69) is 21.2 Å². The summed E-state index contributed by atoms with van der Waals surface area (Å²) >= 11 is 9.31. The normalized spacial score (nSPS) is 9.65. The summed E-state index contributed by atoms with van der Waals surface area (Å²) in [6.07, 6.45) is 0. The Kier molecular flexibility index (Phi) is 7.79. The summed E-state index contributed by atoms with van der Waals surface area (Å²) in [5.41, 5.74) is 0.531. The minimum atomic E-state index is -0.0623. The molecule has 0 spiro atoms. The number of nitrogens with zero attached hydrogens (tertiary/aromatic N) is 1. The van der Waals surface area contributed by atoms with Gasteiger partial charge in [0.05, 0.1) is 10.6 Å². The molecular weight excluding hydrogens is 327 g/mol. The van der Waals surface area contributed by atoms with Gasteiger partial charge in [0.15, 0.2) is 0 Å². The molecule has 0 saturated heterocycles. The molecule has 17 heavy (non-hydrogen) atoms. The van der Waals surface area contributed by atoms with Crippen LogP contribution in [0.25, 0.3) is 0 Å². The van der Waals surface area contributed by atoms with Crippen molar-refractivity contribution < 1.29 is 4.79 Å². The summed E-state index contributed by atoms with van der Waals surface area (Å²) in [5.74, 6) is -0.0623. The maximum Gasteiger partial charge on any atom is 0.255 e. The Morgan fingerprint density at radius 3 is 2.71 bits per heavy atom. The van der Waals surface area contributed by atoms with Gasteiger partial charge in [0.1, 0.15) is 0 Å². The molecule has 0 radical (unpaired) electrons. The topological polar surface area (TPSA) is 32.3 Å². The number of amides is 1. The number of halogens is 3. The van der Waals surface area contributed by atoms with E-state index >= 15 is 0 Å². The molecule has 0 atom stereocenters. The van der Waals surface area contributed by atoms with Crippen molar-refractivity contribution in [3.05, 3.63) is 33.3 Å². The van der Waals surface area contributed by atoms with Crippen LogP contribution in [0.1, 0.15) is 10.4 Å². The van der Waals surface area contributed by atoms with Crippen molar-refractivity contribution in [3.63, 3.8) is 0 Å². The second-order valence-electron chi connectivity index (χ2n) is 3.45. The van der Waals surface area contributed by atoms with Crippen LogP contribution in [0, 0.1) is 0 Å². The van der Waals surface area contributed by atoms with E-state index in [4.69, 9.17) is 11.6 Å². The smallest absolute Gasteiger partial charge is 0.255 e. The molecule has 1 aromatic carbocycles. The molecular formula is C11H15BrCl2N2O. The molecule has 1 rings (SSSR count). The Balaban J connectivity index is 0.00000256. The highest BCUT2D eigenvalue weighted by molar-refractivity contribution is 9.10. The van der Waals surface area contributed by atoms with Gasteiger partial charge in [-0.25, -0.2) is 0 Å². The minimum Gasteiger partial charge on any atom is -0.340 e. The number of rotatable bonds is 4. The van der Waals surface area contributed by atoms with Crippen LogP contribution in [0.2, 0.25) is 5.02 Å². The van der Waals surface area contributed by atoms with Crippen molar-refractivity contribution in [2.45, 2.75) is 0 Å². The zero-order chi connectivity index (χ0) is 12.1. The van der Waals surface area contributed by atoms with E-state index < -0.39 is 0 Å². The van der Waals surface area contributed by atoms with Crippen LogP contribution in [0.15, 0.2) is 22.7 Å². The average Bonchev–Trinajstić information content (AvgIpc) is 2.25. The van der Waals surface area contributed by atoms with E-state index in [0.717, 1.165) is 11.0 Å². The second kappa shape index (κ2) is 7.93. The SMILES string of the molecule is CNCCN(C)C(=O)c1ccc(Br)cc1Cl.Cl. The van der Waals surface area contributed by atoms with Crippen LogP contribution >= 0.6 is 39.9 Å². The molecule has 1 aromatic rings. The Bertz CT molecular complexity index is 388. The molecule has 0 aromatic heterocycles. The van der Waals surface area contributed by atoms with E-state index in [1.807, 2.05) is 13.1 Å². The number of hydrogen-bond acceptors (Lipinski definition) is 2. The van der Waals surface area contributed by atoms with E-state index in [1.165, 1.54) is 0 Å². The Morgan fingerprint density at radius 1 is 1.53 bits per heavy atom. The maximum atomic E-state index is 12.0. The summed E-state index contributed by atoms with van der Waals surface area (Å²) in [7, 11) is 3.61. The summed E-state index contributed by atoms with van der Waals surface area (Å²) in [4.78, 5) is 13.6. The van der Waals surface area contributed by atoms with Crippen molar-refractivity contribution in [1.82, 2.24) is 10.2 Å². The Morgan fingerprint density at radius 2 is 2.18 bits per heavy atom. The number of likely N-dealkylation sites (N-methyl/N-ethyl adjacent to an activating group) is 2. The van der Waals surface area contributed by atoms with Gasteiger partial charge >= 0.3 is 0 Å². The molecule has 0 aliphatic heterocycles. The third-order valence-electron chi connectivity index (χ3n) is 2.21. The van der Waals surface area contributed by atoms with Crippen molar-refractivity contribution >= 4 is 45.8 Å². The van der Waals surface area contributed by atoms with Crippen LogP contribution in [0.3, 0.4) is 0 Å². The van der Waals surface area contributed by atoms with Gasteiger partial charge in [-0.15, -0.1) is 12.4 Å². The fourth-order valence-corrected chi connectivity index (χ4v) is 2.00. The molecule has 1 N–H and O–H groups in total. The molecule has 0 aliphatic rings. The van der Waals surface area contributed by atoms with Gasteiger partial charge in [0.2, 0.25) is 0 Å². The van der Waals surface area contributed by atoms with Gasteiger partial charge < -0.3 is 10.2 Å². The highest BCUT2D eigenvalue weighted by atomic mass is 79.9. The predicted octanol–water partition coefficient (Wildman–Crippen LogP) is 2.82. The molecule has 0 heterocycles. The Hall–Kier alpha value is -0.290. The third kappa shape index (κ3) is 4.84. The zero-order valence-corrected chi connectivity index (χ0v) is 12.8. The number of nitrogens with one attached hydrogen (secondary N) is 1. The van der Waals surface area contributed by atoms with Crippen molar-refractivity contribution in [1.29, 1.82) is 0 Å². The zero-order valence-electron chi connectivity index (χ0n) is 9.67. The number of carbonyl (C=O) groups excluding carboxylic acids is 1. The lowest BCUT2D eigenvalue weighted by atomic mass is 10.2. The van der Waals surface area contributed by atoms with Crippen LogP contribution in [0.5, 0.6) is 0 Å². The van der Waals surface area contributed by atoms with Crippen molar-refractivity contribution in [2.75, 3.05) is 27.2 Å². The number of hydrogen-bond donors (Lipinski definition) is 1. The minimum absolute atomic E-state index is 0. The second-order valence-corrected chi connectivity index (χ2v) is 4.78. The van der Waals surface area contributed by atoms with Crippen LogP contribution in [-0.2, 0) is 0 Å². The first-order chi connectivity index (χ1) is 7.56. The molecule has 6 heteroatoms. The van der Waals surface area contributed by atoms with Gasteiger partial charge in [-0.05, 0) is 25.2 Å². The highest BCUT2D eigenvalue weighted by Crippen LogP contribution is 2.22. The highest BCUT2D eigenvalue weighted by Gasteiger charge is 2.14. The Labute approximate surface area is 121 Å².